The van der Waals surface area contributed by atoms with Gasteiger partial charge in [0.05, 0.1) is 18.0 Å². The Kier molecular flexibility index (Phi) is 4.72. The summed E-state index contributed by atoms with van der Waals surface area (Å²) in [6, 6.07) is 3.43. The Morgan fingerprint density at radius 2 is 2.27 bits per heavy atom. The minimum atomic E-state index is -0.125. The van der Waals surface area contributed by atoms with Crippen molar-refractivity contribution in [2.45, 2.75) is 0 Å². The molecule has 15 heavy (non-hydrogen) atoms. The summed E-state index contributed by atoms with van der Waals surface area (Å²) in [5.41, 5.74) is 0.732. The molecular formula is C10H8BrIO3. The molecule has 0 amide bonds. The van der Waals surface area contributed by atoms with E-state index in [9.17, 15) is 9.59 Å². The maximum atomic E-state index is 11.6. The highest BCUT2D eigenvalue weighted by molar-refractivity contribution is 14.1. The molecule has 0 saturated carbocycles. The molecule has 0 radical (unpaired) electrons. The van der Waals surface area contributed by atoms with Crippen LogP contribution in [0.15, 0.2) is 12.1 Å². The molecule has 0 N–H and O–H groups in total. The van der Waals surface area contributed by atoms with E-state index in [-0.39, 0.29) is 11.1 Å². The van der Waals surface area contributed by atoms with Gasteiger partial charge < -0.3 is 4.74 Å². The van der Waals surface area contributed by atoms with Gasteiger partial charge >= 0.3 is 0 Å². The van der Waals surface area contributed by atoms with E-state index >= 15 is 0 Å². The predicted octanol–water partition coefficient (Wildman–Crippen LogP) is 2.69. The SMILES string of the molecule is COc1ccc(I)c(C(=O)CBr)c1C=O. The summed E-state index contributed by atoms with van der Waals surface area (Å²) in [5.74, 6) is 0.301. The van der Waals surface area contributed by atoms with Crippen LogP contribution in [-0.4, -0.2) is 24.5 Å². The summed E-state index contributed by atoms with van der Waals surface area (Å²) in [7, 11) is 1.47. The van der Waals surface area contributed by atoms with Crippen LogP contribution in [0.2, 0.25) is 0 Å². The fraction of sp³-hybridized carbons (Fsp3) is 0.200. The van der Waals surface area contributed by atoms with E-state index in [2.05, 4.69) is 15.9 Å². The molecule has 0 heterocycles. The molecule has 0 aliphatic rings. The van der Waals surface area contributed by atoms with E-state index in [0.717, 1.165) is 3.57 Å². The Hall–Kier alpha value is -0.430. The molecule has 1 aromatic rings. The van der Waals surface area contributed by atoms with Crippen LogP contribution >= 0.6 is 38.5 Å². The molecule has 0 aliphatic heterocycles. The van der Waals surface area contributed by atoms with Crippen LogP contribution in [0, 0.1) is 3.57 Å². The molecule has 0 aliphatic carbocycles. The Labute approximate surface area is 109 Å². The molecule has 0 bridgehead atoms. The number of benzene rings is 1. The molecule has 0 saturated heterocycles. The number of ether oxygens (including phenoxy) is 1. The number of methoxy groups -OCH3 is 1. The van der Waals surface area contributed by atoms with Crippen LogP contribution in [0.5, 0.6) is 5.75 Å². The summed E-state index contributed by atoms with van der Waals surface area (Å²) in [5, 5.41) is 0.191. The van der Waals surface area contributed by atoms with Gasteiger partial charge in [-0.3, -0.25) is 9.59 Å². The Morgan fingerprint density at radius 1 is 1.60 bits per heavy atom. The van der Waals surface area contributed by atoms with Crippen molar-refractivity contribution in [3.63, 3.8) is 0 Å². The van der Waals surface area contributed by atoms with Crippen molar-refractivity contribution in [3.05, 3.63) is 26.8 Å². The average Bonchev–Trinajstić information content (AvgIpc) is 2.27. The van der Waals surface area contributed by atoms with Gasteiger partial charge in [0.15, 0.2) is 12.1 Å². The Bertz CT molecular complexity index is 404. The molecule has 0 spiro atoms. The minimum Gasteiger partial charge on any atom is -0.496 e. The fourth-order valence-electron chi connectivity index (χ4n) is 1.22. The number of hydrogen-bond acceptors (Lipinski definition) is 3. The number of ketones is 1. The number of aldehydes is 1. The molecule has 1 aromatic carbocycles. The van der Waals surface area contributed by atoms with Crippen LogP contribution in [0.1, 0.15) is 20.7 Å². The van der Waals surface area contributed by atoms with E-state index in [0.29, 0.717) is 23.2 Å². The molecule has 0 atom stereocenters. The van der Waals surface area contributed by atoms with Crippen LogP contribution in [0.4, 0.5) is 0 Å². The maximum absolute atomic E-state index is 11.6. The highest BCUT2D eigenvalue weighted by Crippen LogP contribution is 2.26. The van der Waals surface area contributed by atoms with Gasteiger partial charge in [-0.05, 0) is 34.7 Å². The topological polar surface area (TPSA) is 43.4 Å². The molecule has 3 nitrogen and oxygen atoms in total. The zero-order valence-electron chi connectivity index (χ0n) is 7.92. The largest absolute Gasteiger partial charge is 0.496 e. The van der Waals surface area contributed by atoms with Gasteiger partial charge in [-0.2, -0.15) is 0 Å². The van der Waals surface area contributed by atoms with E-state index < -0.39 is 0 Å². The second-order valence-electron chi connectivity index (χ2n) is 2.71. The summed E-state index contributed by atoms with van der Waals surface area (Å²) < 4.78 is 5.77. The van der Waals surface area contributed by atoms with E-state index in [1.54, 1.807) is 12.1 Å². The lowest BCUT2D eigenvalue weighted by molar-refractivity contribution is 0.101. The number of halogens is 2. The first kappa shape index (κ1) is 12.6. The first-order chi connectivity index (χ1) is 7.15. The van der Waals surface area contributed by atoms with Crippen molar-refractivity contribution in [2.75, 3.05) is 12.4 Å². The van der Waals surface area contributed by atoms with Gasteiger partial charge in [0.25, 0.3) is 0 Å². The quantitative estimate of drug-likeness (QED) is 0.348. The highest BCUT2D eigenvalue weighted by atomic mass is 127. The van der Waals surface area contributed by atoms with Gasteiger partial charge in [0.1, 0.15) is 5.75 Å². The number of rotatable bonds is 4. The minimum absolute atomic E-state index is 0.125. The third-order valence-electron chi connectivity index (χ3n) is 1.89. The molecule has 0 fully saturated rings. The maximum Gasteiger partial charge on any atom is 0.175 e. The molecule has 0 unspecified atom stereocenters. The van der Waals surface area contributed by atoms with Crippen LogP contribution in [-0.2, 0) is 0 Å². The van der Waals surface area contributed by atoms with Gasteiger partial charge in [0.2, 0.25) is 0 Å². The highest BCUT2D eigenvalue weighted by Gasteiger charge is 2.17. The smallest absolute Gasteiger partial charge is 0.175 e. The van der Waals surface area contributed by atoms with Crippen molar-refractivity contribution in [3.8, 4) is 5.75 Å². The second-order valence-corrected chi connectivity index (χ2v) is 4.44. The monoisotopic (exact) mass is 382 g/mol. The third-order valence-corrected chi connectivity index (χ3v) is 3.30. The number of alkyl halides is 1. The Balaban J connectivity index is 3.45. The van der Waals surface area contributed by atoms with Crippen molar-refractivity contribution in [1.29, 1.82) is 0 Å². The normalized spacial score (nSPS) is 9.80. The predicted molar refractivity (Wildman–Crippen MR) is 69.2 cm³/mol. The summed E-state index contributed by atoms with van der Waals surface area (Å²) in [4.78, 5) is 22.5. The number of hydrogen-bond donors (Lipinski definition) is 0. The second kappa shape index (κ2) is 5.60. The summed E-state index contributed by atoms with van der Waals surface area (Å²) in [6.07, 6.45) is 0.650. The van der Waals surface area contributed by atoms with E-state index in [1.165, 1.54) is 7.11 Å². The zero-order chi connectivity index (χ0) is 11.4. The standard InChI is InChI=1S/C10H8BrIO3/c1-15-9-3-2-7(12)10(6(9)5-13)8(14)4-11/h2-3,5H,4H2,1H3. The van der Waals surface area contributed by atoms with Gasteiger partial charge in [-0.25, -0.2) is 0 Å². The number of Topliss-reactive ketones (excluding diaryl/α,β-unsaturated/α-hetero) is 1. The van der Waals surface area contributed by atoms with Gasteiger partial charge in [-0.15, -0.1) is 0 Å². The first-order valence-electron chi connectivity index (χ1n) is 4.06. The third kappa shape index (κ3) is 2.57. The molecular weight excluding hydrogens is 375 g/mol. The lowest BCUT2D eigenvalue weighted by Crippen LogP contribution is -2.08. The summed E-state index contributed by atoms with van der Waals surface area (Å²) in [6.45, 7) is 0. The molecule has 0 aromatic heterocycles. The lowest BCUT2D eigenvalue weighted by atomic mass is 10.0. The average molecular weight is 383 g/mol. The van der Waals surface area contributed by atoms with Crippen LogP contribution < -0.4 is 4.74 Å². The molecule has 1 rings (SSSR count). The number of carbonyl (C=O) groups excluding carboxylic acids is 2. The first-order valence-corrected chi connectivity index (χ1v) is 6.26. The Morgan fingerprint density at radius 3 is 2.73 bits per heavy atom. The lowest BCUT2D eigenvalue weighted by Gasteiger charge is -2.09. The summed E-state index contributed by atoms with van der Waals surface area (Å²) >= 11 is 5.11. The fourth-order valence-corrected chi connectivity index (χ4v) is 2.27. The molecule has 80 valence electrons. The van der Waals surface area contributed by atoms with E-state index in [4.69, 9.17) is 4.74 Å². The van der Waals surface area contributed by atoms with Crippen molar-refractivity contribution in [2.24, 2.45) is 0 Å². The number of carbonyl (C=O) groups is 2. The zero-order valence-corrected chi connectivity index (χ0v) is 11.7. The van der Waals surface area contributed by atoms with Crippen molar-refractivity contribution in [1.82, 2.24) is 0 Å². The van der Waals surface area contributed by atoms with Crippen molar-refractivity contribution >= 4 is 50.6 Å². The van der Waals surface area contributed by atoms with Gasteiger partial charge in [-0.1, -0.05) is 15.9 Å². The van der Waals surface area contributed by atoms with Crippen molar-refractivity contribution < 1.29 is 14.3 Å². The molecule has 5 heteroatoms. The van der Waals surface area contributed by atoms with E-state index in [1.807, 2.05) is 22.6 Å². The van der Waals surface area contributed by atoms with Crippen LogP contribution in [0.3, 0.4) is 0 Å². The van der Waals surface area contributed by atoms with Crippen LogP contribution in [0.25, 0.3) is 0 Å². The van der Waals surface area contributed by atoms with Gasteiger partial charge in [0, 0.05) is 9.13 Å².